The van der Waals surface area contributed by atoms with Crippen LogP contribution in [0.3, 0.4) is 0 Å². The van der Waals surface area contributed by atoms with Gasteiger partial charge in [-0.25, -0.2) is 0 Å². The van der Waals surface area contributed by atoms with E-state index in [1.165, 1.54) is 0 Å². The molecule has 0 aliphatic heterocycles. The van der Waals surface area contributed by atoms with E-state index in [9.17, 15) is 9.59 Å². The van der Waals surface area contributed by atoms with Crippen LogP contribution in [0.25, 0.3) is 0 Å². The summed E-state index contributed by atoms with van der Waals surface area (Å²) < 4.78 is 0. The number of hydrogen-bond donors (Lipinski definition) is 3. The van der Waals surface area contributed by atoms with Crippen LogP contribution in [-0.4, -0.2) is 21.1 Å². The molecule has 2 aromatic rings. The van der Waals surface area contributed by atoms with Gasteiger partial charge in [-0.3, -0.25) is 14.7 Å². The normalized spacial score (nSPS) is 11.2. The Balaban J connectivity index is 2.07. The van der Waals surface area contributed by atoms with Gasteiger partial charge >= 0.3 is 0 Å². The molecule has 2 heterocycles. The summed E-state index contributed by atoms with van der Waals surface area (Å²) in [7, 11) is 0. The van der Waals surface area contributed by atoms with Crippen molar-refractivity contribution in [1.29, 1.82) is 5.26 Å². The molecule has 0 saturated carbocycles. The van der Waals surface area contributed by atoms with Crippen molar-refractivity contribution in [3.8, 4) is 6.07 Å². The Labute approximate surface area is 146 Å². The molecule has 1 amide bonds. The van der Waals surface area contributed by atoms with Crippen molar-refractivity contribution in [3.63, 3.8) is 0 Å². The minimum absolute atomic E-state index is 0.0756. The van der Waals surface area contributed by atoms with Gasteiger partial charge in [0.25, 0.3) is 5.56 Å². The summed E-state index contributed by atoms with van der Waals surface area (Å²) in [6, 6.07) is 3.74. The number of aromatic amines is 2. The molecule has 3 N–H and O–H groups in total. The Bertz CT molecular complexity index is 894. The number of hydrogen-bond acceptors (Lipinski definition) is 4. The Morgan fingerprint density at radius 1 is 1.36 bits per heavy atom. The highest BCUT2D eigenvalue weighted by molar-refractivity contribution is 5.90. The highest BCUT2D eigenvalue weighted by Gasteiger charge is 2.18. The maximum atomic E-state index is 12.2. The van der Waals surface area contributed by atoms with E-state index in [1.807, 2.05) is 12.1 Å². The molecule has 2 aromatic heterocycles. The van der Waals surface area contributed by atoms with Gasteiger partial charge < -0.3 is 10.3 Å². The Hall–Kier alpha value is -2.88. The first-order valence-corrected chi connectivity index (χ1v) is 8.11. The van der Waals surface area contributed by atoms with E-state index < -0.39 is 5.56 Å². The van der Waals surface area contributed by atoms with Gasteiger partial charge in [-0.2, -0.15) is 10.4 Å². The van der Waals surface area contributed by atoms with E-state index in [4.69, 9.17) is 5.26 Å². The van der Waals surface area contributed by atoms with Crippen LogP contribution >= 0.6 is 0 Å². The molecule has 25 heavy (non-hydrogen) atoms. The van der Waals surface area contributed by atoms with Gasteiger partial charge in [-0.05, 0) is 31.4 Å². The predicted molar refractivity (Wildman–Crippen MR) is 95.5 cm³/mol. The lowest BCUT2D eigenvalue weighted by atomic mass is 9.92. The minimum atomic E-state index is -0.392. The first kappa shape index (κ1) is 18.5. The zero-order valence-corrected chi connectivity index (χ0v) is 15.2. The number of nitriles is 1. The summed E-state index contributed by atoms with van der Waals surface area (Å²) >= 11 is 0. The summed E-state index contributed by atoms with van der Waals surface area (Å²) in [4.78, 5) is 26.6. The van der Waals surface area contributed by atoms with Crippen molar-refractivity contribution < 1.29 is 4.79 Å². The molecule has 0 bridgehead atoms. The zero-order valence-electron chi connectivity index (χ0n) is 15.2. The Morgan fingerprint density at radius 2 is 2.04 bits per heavy atom. The number of aryl methyl sites for hydroxylation is 1. The largest absolute Gasteiger partial charge is 0.325 e. The number of nitrogens with one attached hydrogen (secondary N) is 3. The summed E-state index contributed by atoms with van der Waals surface area (Å²) in [6.07, 6.45) is 0.668. The van der Waals surface area contributed by atoms with E-state index in [2.05, 4.69) is 41.3 Å². The zero-order chi connectivity index (χ0) is 18.8. The highest BCUT2D eigenvalue weighted by atomic mass is 16.1. The Kier molecular flexibility index (Phi) is 5.12. The van der Waals surface area contributed by atoms with E-state index in [0.717, 1.165) is 11.3 Å². The van der Waals surface area contributed by atoms with Gasteiger partial charge in [0.1, 0.15) is 11.6 Å². The van der Waals surface area contributed by atoms with Crippen LogP contribution in [0.5, 0.6) is 0 Å². The minimum Gasteiger partial charge on any atom is -0.325 e. The van der Waals surface area contributed by atoms with Crippen molar-refractivity contribution in [2.45, 2.75) is 52.9 Å². The molecule has 0 fully saturated rings. The lowest BCUT2D eigenvalue weighted by molar-refractivity contribution is -0.116. The number of aromatic nitrogens is 3. The van der Waals surface area contributed by atoms with Crippen molar-refractivity contribution >= 4 is 11.7 Å². The van der Waals surface area contributed by atoms with Gasteiger partial charge in [-0.15, -0.1) is 0 Å². The van der Waals surface area contributed by atoms with Gasteiger partial charge in [0, 0.05) is 29.3 Å². The van der Waals surface area contributed by atoms with Gasteiger partial charge in [0.05, 0.1) is 0 Å². The average Bonchev–Trinajstić information content (AvgIpc) is 2.95. The fraction of sp³-hybridized carbons (Fsp3) is 0.444. The summed E-state index contributed by atoms with van der Waals surface area (Å²) in [5.74, 6) is 0.318. The maximum absolute atomic E-state index is 12.2. The van der Waals surface area contributed by atoms with Crippen LogP contribution in [0, 0.1) is 25.2 Å². The van der Waals surface area contributed by atoms with Crippen molar-refractivity contribution in [2.24, 2.45) is 0 Å². The second-order valence-electron chi connectivity index (χ2n) is 7.13. The molecule has 0 aliphatic carbocycles. The quantitative estimate of drug-likeness (QED) is 0.792. The standard InChI is InChI=1S/C18H23N5O2/c1-10-12(11(2)20-17(25)13(10)9-19)6-7-16(24)21-15-8-14(22-23-15)18(3,4)5/h8H,6-7H2,1-5H3,(H,20,25)(H2,21,22,23,24). The molecule has 0 atom stereocenters. The molecule has 132 valence electrons. The Morgan fingerprint density at radius 3 is 2.60 bits per heavy atom. The number of anilines is 1. The lowest BCUT2D eigenvalue weighted by Crippen LogP contribution is -2.18. The van der Waals surface area contributed by atoms with E-state index in [-0.39, 0.29) is 23.3 Å². The first-order chi connectivity index (χ1) is 11.6. The molecule has 7 nitrogen and oxygen atoms in total. The second kappa shape index (κ2) is 6.93. The maximum Gasteiger partial charge on any atom is 0.266 e. The third-order valence-electron chi connectivity index (χ3n) is 4.18. The molecule has 0 aliphatic rings. The average molecular weight is 341 g/mol. The van der Waals surface area contributed by atoms with E-state index in [1.54, 1.807) is 13.8 Å². The number of amides is 1. The van der Waals surface area contributed by atoms with Crippen LogP contribution in [-0.2, 0) is 16.6 Å². The molecular weight excluding hydrogens is 318 g/mol. The molecular formula is C18H23N5O2. The lowest BCUT2D eigenvalue weighted by Gasteiger charge is -2.14. The SMILES string of the molecule is Cc1[nH]c(=O)c(C#N)c(C)c1CCC(=O)Nc1cc(C(C)(C)C)[nH]n1. The van der Waals surface area contributed by atoms with Crippen molar-refractivity contribution in [3.05, 3.63) is 44.5 Å². The van der Waals surface area contributed by atoms with Crippen LogP contribution < -0.4 is 10.9 Å². The molecule has 0 aromatic carbocycles. The van der Waals surface area contributed by atoms with Crippen molar-refractivity contribution in [1.82, 2.24) is 15.2 Å². The number of nitrogens with zero attached hydrogens (tertiary/aromatic N) is 2. The predicted octanol–water partition coefficient (Wildman–Crippen LogP) is 2.46. The number of H-pyrrole nitrogens is 2. The molecule has 2 rings (SSSR count). The van der Waals surface area contributed by atoms with Crippen LogP contribution in [0.15, 0.2) is 10.9 Å². The summed E-state index contributed by atoms with van der Waals surface area (Å²) in [5, 5.41) is 18.9. The monoisotopic (exact) mass is 341 g/mol. The molecule has 0 spiro atoms. The smallest absolute Gasteiger partial charge is 0.266 e. The topological polar surface area (TPSA) is 114 Å². The summed E-state index contributed by atoms with van der Waals surface area (Å²) in [6.45, 7) is 9.67. The van der Waals surface area contributed by atoms with Crippen LogP contribution in [0.1, 0.15) is 55.3 Å². The fourth-order valence-electron chi connectivity index (χ4n) is 2.63. The fourth-order valence-corrected chi connectivity index (χ4v) is 2.63. The third kappa shape index (κ3) is 4.15. The number of pyridine rings is 1. The van der Waals surface area contributed by atoms with Gasteiger partial charge in [-0.1, -0.05) is 20.8 Å². The number of carbonyl (C=O) groups excluding carboxylic acids is 1. The molecule has 0 saturated heterocycles. The van der Waals surface area contributed by atoms with Gasteiger partial charge in [0.15, 0.2) is 5.82 Å². The third-order valence-corrected chi connectivity index (χ3v) is 4.18. The molecule has 7 heteroatoms. The van der Waals surface area contributed by atoms with Crippen LogP contribution in [0.2, 0.25) is 0 Å². The van der Waals surface area contributed by atoms with Gasteiger partial charge in [0.2, 0.25) is 5.91 Å². The first-order valence-electron chi connectivity index (χ1n) is 8.11. The molecule has 0 unspecified atom stereocenters. The van der Waals surface area contributed by atoms with E-state index >= 15 is 0 Å². The van der Waals surface area contributed by atoms with E-state index in [0.29, 0.717) is 23.5 Å². The number of rotatable bonds is 4. The highest BCUT2D eigenvalue weighted by Crippen LogP contribution is 2.22. The second-order valence-corrected chi connectivity index (χ2v) is 7.13. The number of carbonyl (C=O) groups is 1. The summed E-state index contributed by atoms with van der Waals surface area (Å²) in [5.41, 5.74) is 2.71. The van der Waals surface area contributed by atoms with Crippen LogP contribution in [0.4, 0.5) is 5.82 Å². The molecule has 0 radical (unpaired) electrons. The van der Waals surface area contributed by atoms with Crippen molar-refractivity contribution in [2.75, 3.05) is 5.32 Å².